The number of carboxylic acid groups (broad SMARTS) is 2. The number of carboxylic acids is 2. The normalized spacial score (nSPS) is 27.7. The van der Waals surface area contributed by atoms with Crippen molar-refractivity contribution in [1.29, 1.82) is 0 Å². The van der Waals surface area contributed by atoms with Crippen LogP contribution < -0.4 is 0 Å². The minimum absolute atomic E-state index is 0.345. The van der Waals surface area contributed by atoms with Crippen LogP contribution in [0.2, 0.25) is 0 Å². The molecule has 70 valence electrons. The van der Waals surface area contributed by atoms with Crippen LogP contribution in [-0.4, -0.2) is 44.2 Å². The van der Waals surface area contributed by atoms with Crippen molar-refractivity contribution >= 4 is 35.3 Å². The van der Waals surface area contributed by atoms with Gasteiger partial charge >= 0.3 is 11.9 Å². The fraction of sp³-hybridized carbons (Fsp3) is 0.333. The van der Waals surface area contributed by atoms with Gasteiger partial charge in [0, 0.05) is 0 Å². The maximum absolute atomic E-state index is 10.8. The summed E-state index contributed by atoms with van der Waals surface area (Å²) in [6, 6.07) is 0. The van der Waals surface area contributed by atoms with E-state index >= 15 is 0 Å². The van der Waals surface area contributed by atoms with Gasteiger partial charge in [0.2, 0.25) is 11.6 Å². The summed E-state index contributed by atoms with van der Waals surface area (Å²) in [6.45, 7) is 0. The molecule has 0 unspecified atom stereocenters. The quantitative estimate of drug-likeness (QED) is 0.428. The molecule has 0 aliphatic carbocycles. The maximum Gasteiger partial charge on any atom is 0.324 e. The largest absolute Gasteiger partial charge is 0.480 e. The molecule has 1 aliphatic heterocycles. The van der Waals surface area contributed by atoms with E-state index in [1.54, 1.807) is 0 Å². The first-order valence-corrected chi connectivity index (χ1v) is 4.08. The Labute approximate surface area is 75.9 Å². The number of ketones is 2. The third-order valence-corrected chi connectivity index (χ3v) is 2.82. The molecule has 7 heteroatoms. The predicted octanol–water partition coefficient (Wildman–Crippen LogP) is -1.22. The highest BCUT2D eigenvalue weighted by Gasteiger charge is 2.49. The van der Waals surface area contributed by atoms with Gasteiger partial charge in [0.15, 0.2) is 10.5 Å². The third-order valence-electron chi connectivity index (χ3n) is 1.44. The summed E-state index contributed by atoms with van der Waals surface area (Å²) in [5.41, 5.74) is 0. The molecule has 1 saturated heterocycles. The minimum Gasteiger partial charge on any atom is -0.480 e. The molecule has 13 heavy (non-hydrogen) atoms. The number of aliphatic carboxylic acids is 2. The second kappa shape index (κ2) is 3.17. The fourth-order valence-corrected chi connectivity index (χ4v) is 1.84. The summed E-state index contributed by atoms with van der Waals surface area (Å²) in [5, 5.41) is 13.7. The van der Waals surface area contributed by atoms with Crippen LogP contribution in [0.1, 0.15) is 0 Å². The Kier molecular flexibility index (Phi) is 2.37. The minimum atomic E-state index is -1.56. The van der Waals surface area contributed by atoms with Crippen molar-refractivity contribution in [2.45, 2.75) is 10.5 Å². The lowest BCUT2D eigenvalue weighted by Gasteiger charge is -1.98. The number of thioether (sulfide) groups is 1. The topological polar surface area (TPSA) is 109 Å². The van der Waals surface area contributed by atoms with Gasteiger partial charge in [0.25, 0.3) is 0 Å². The molecule has 0 aromatic carbocycles. The Morgan fingerprint density at radius 2 is 1.31 bits per heavy atom. The first-order chi connectivity index (χ1) is 5.95. The monoisotopic (exact) mass is 204 g/mol. The van der Waals surface area contributed by atoms with E-state index in [2.05, 4.69) is 0 Å². The molecule has 0 aromatic rings. The van der Waals surface area contributed by atoms with Gasteiger partial charge in [-0.15, -0.1) is 11.8 Å². The number of carbonyl (C=O) groups is 4. The van der Waals surface area contributed by atoms with Crippen LogP contribution in [0.25, 0.3) is 0 Å². The number of rotatable bonds is 2. The van der Waals surface area contributed by atoms with Crippen molar-refractivity contribution in [3.63, 3.8) is 0 Å². The van der Waals surface area contributed by atoms with Crippen molar-refractivity contribution in [2.75, 3.05) is 0 Å². The molecule has 0 saturated carbocycles. The van der Waals surface area contributed by atoms with Gasteiger partial charge in [-0.25, -0.2) is 0 Å². The molecular formula is C6H4O6S. The average molecular weight is 204 g/mol. The fourth-order valence-electron chi connectivity index (χ4n) is 0.859. The molecule has 1 fully saturated rings. The second-order valence-electron chi connectivity index (χ2n) is 2.30. The standard InChI is InChI=1S/C6H4O6S/c7-1-2(8)4(6(11)12)13-3(1)5(9)10/h3-4H,(H,9,10)(H,11,12)/t3-,4-/m1/s1. The van der Waals surface area contributed by atoms with Crippen molar-refractivity contribution in [1.82, 2.24) is 0 Å². The summed E-state index contributed by atoms with van der Waals surface area (Å²) in [5.74, 6) is -5.26. The van der Waals surface area contributed by atoms with Crippen molar-refractivity contribution in [3.8, 4) is 0 Å². The summed E-state index contributed by atoms with van der Waals surface area (Å²) in [6.07, 6.45) is 0. The van der Waals surface area contributed by atoms with Crippen LogP contribution in [0.5, 0.6) is 0 Å². The number of carbonyl (C=O) groups excluding carboxylic acids is 2. The molecule has 1 aliphatic rings. The molecule has 0 bridgehead atoms. The summed E-state index contributed by atoms with van der Waals surface area (Å²) >= 11 is 0.345. The van der Waals surface area contributed by atoms with E-state index in [1.165, 1.54) is 0 Å². The molecule has 1 rings (SSSR count). The van der Waals surface area contributed by atoms with E-state index in [1.807, 2.05) is 0 Å². The number of hydrogen-bond acceptors (Lipinski definition) is 5. The van der Waals surface area contributed by atoms with Crippen LogP contribution in [-0.2, 0) is 19.2 Å². The summed E-state index contributed by atoms with van der Waals surface area (Å²) in [7, 11) is 0. The van der Waals surface area contributed by atoms with Crippen LogP contribution >= 0.6 is 11.8 Å². The van der Waals surface area contributed by atoms with Gasteiger partial charge in [-0.2, -0.15) is 0 Å². The summed E-state index contributed by atoms with van der Waals surface area (Å²) in [4.78, 5) is 42.4. The zero-order valence-corrected chi connectivity index (χ0v) is 6.91. The van der Waals surface area contributed by atoms with E-state index in [0.29, 0.717) is 11.8 Å². The number of Topliss-reactive ketones (excluding diaryl/α,β-unsaturated/α-hetero) is 2. The van der Waals surface area contributed by atoms with Gasteiger partial charge in [-0.1, -0.05) is 0 Å². The van der Waals surface area contributed by atoms with Crippen molar-refractivity contribution in [2.24, 2.45) is 0 Å². The Morgan fingerprint density at radius 1 is 1.00 bits per heavy atom. The van der Waals surface area contributed by atoms with Crippen LogP contribution in [0, 0.1) is 0 Å². The molecular weight excluding hydrogens is 200 g/mol. The van der Waals surface area contributed by atoms with Crippen molar-refractivity contribution < 1.29 is 29.4 Å². The van der Waals surface area contributed by atoms with E-state index in [-0.39, 0.29) is 0 Å². The highest BCUT2D eigenvalue weighted by Crippen LogP contribution is 2.28. The first kappa shape index (κ1) is 9.72. The van der Waals surface area contributed by atoms with Crippen molar-refractivity contribution in [3.05, 3.63) is 0 Å². The van der Waals surface area contributed by atoms with Gasteiger partial charge in [-0.3, -0.25) is 19.2 Å². The number of hydrogen-bond donors (Lipinski definition) is 2. The van der Waals surface area contributed by atoms with E-state index in [9.17, 15) is 19.2 Å². The Bertz CT molecular complexity index is 278. The predicted molar refractivity (Wildman–Crippen MR) is 40.5 cm³/mol. The van der Waals surface area contributed by atoms with Crippen LogP contribution in [0.15, 0.2) is 0 Å². The second-order valence-corrected chi connectivity index (χ2v) is 3.52. The molecule has 1 heterocycles. The van der Waals surface area contributed by atoms with Crippen LogP contribution in [0.4, 0.5) is 0 Å². The lowest BCUT2D eigenvalue weighted by Crippen LogP contribution is -2.28. The van der Waals surface area contributed by atoms with Crippen LogP contribution in [0.3, 0.4) is 0 Å². The molecule has 0 aromatic heterocycles. The van der Waals surface area contributed by atoms with Gasteiger partial charge in [0.1, 0.15) is 0 Å². The lowest BCUT2D eigenvalue weighted by atomic mass is 10.1. The smallest absolute Gasteiger partial charge is 0.324 e. The SMILES string of the molecule is O=C(O)[C@@H]1S[C@@H](C(=O)O)C(=O)C1=O. The first-order valence-electron chi connectivity index (χ1n) is 3.14. The Hall–Kier alpha value is -1.37. The Morgan fingerprint density at radius 3 is 1.46 bits per heavy atom. The third kappa shape index (κ3) is 1.55. The molecule has 2 N–H and O–H groups in total. The van der Waals surface area contributed by atoms with E-state index in [4.69, 9.17) is 10.2 Å². The highest BCUT2D eigenvalue weighted by molar-refractivity contribution is 8.04. The molecule has 6 nitrogen and oxygen atoms in total. The van der Waals surface area contributed by atoms with E-state index < -0.39 is 34.0 Å². The summed E-state index contributed by atoms with van der Waals surface area (Å²) < 4.78 is 0. The Balaban J connectivity index is 2.91. The molecule has 0 spiro atoms. The molecule has 2 atom stereocenters. The average Bonchev–Trinajstić information content (AvgIpc) is 2.29. The van der Waals surface area contributed by atoms with E-state index in [0.717, 1.165) is 0 Å². The highest BCUT2D eigenvalue weighted by atomic mass is 32.2. The zero-order chi connectivity index (χ0) is 10.2. The van der Waals surface area contributed by atoms with Gasteiger partial charge in [0.05, 0.1) is 0 Å². The maximum atomic E-state index is 10.8. The lowest BCUT2D eigenvalue weighted by molar-refractivity contribution is -0.146. The molecule has 0 radical (unpaired) electrons. The van der Waals surface area contributed by atoms with Gasteiger partial charge in [-0.05, 0) is 0 Å². The zero-order valence-electron chi connectivity index (χ0n) is 6.09. The molecule has 0 amide bonds. The van der Waals surface area contributed by atoms with Gasteiger partial charge < -0.3 is 10.2 Å².